The summed E-state index contributed by atoms with van der Waals surface area (Å²) in [6, 6.07) is 12.0. The highest BCUT2D eigenvalue weighted by atomic mass is 16.5. The number of Topliss-reactive ketones (excluding diaryl/α,β-unsaturated/α-hetero) is 1. The zero-order valence-electron chi connectivity index (χ0n) is 13.2. The van der Waals surface area contributed by atoms with Gasteiger partial charge < -0.3 is 9.64 Å². The highest BCUT2D eigenvalue weighted by molar-refractivity contribution is 6.10. The third-order valence-electron chi connectivity index (χ3n) is 4.32. The van der Waals surface area contributed by atoms with Crippen LogP contribution in [0.2, 0.25) is 0 Å². The van der Waals surface area contributed by atoms with Gasteiger partial charge in [0.2, 0.25) is 0 Å². The number of fused-ring (bicyclic) bond motifs is 1. The first-order valence-corrected chi connectivity index (χ1v) is 8.19. The molecule has 1 aliphatic rings. The molecule has 0 bridgehead atoms. The Balaban J connectivity index is 1.88. The Hall–Kier alpha value is -1.87. The van der Waals surface area contributed by atoms with Gasteiger partial charge in [-0.2, -0.15) is 0 Å². The van der Waals surface area contributed by atoms with Crippen LogP contribution in [0, 0.1) is 0 Å². The van der Waals surface area contributed by atoms with Crippen molar-refractivity contribution in [1.29, 1.82) is 0 Å². The molecule has 1 aliphatic heterocycles. The number of nitrogens with zero attached hydrogens (tertiary/aromatic N) is 1. The Morgan fingerprint density at radius 1 is 1.14 bits per heavy atom. The van der Waals surface area contributed by atoms with E-state index in [0.29, 0.717) is 18.8 Å². The van der Waals surface area contributed by atoms with Crippen LogP contribution >= 0.6 is 0 Å². The second-order valence-electron chi connectivity index (χ2n) is 5.81. The van der Waals surface area contributed by atoms with Crippen LogP contribution in [0.25, 0.3) is 10.8 Å². The molecule has 0 aliphatic carbocycles. The topological polar surface area (TPSA) is 29.5 Å². The van der Waals surface area contributed by atoms with Gasteiger partial charge in [0, 0.05) is 13.0 Å². The normalized spacial score (nSPS) is 15.3. The van der Waals surface area contributed by atoms with Gasteiger partial charge in [-0.25, -0.2) is 0 Å². The van der Waals surface area contributed by atoms with Crippen molar-refractivity contribution in [3.8, 4) is 5.75 Å². The molecule has 3 nitrogen and oxygen atoms in total. The van der Waals surface area contributed by atoms with Crippen molar-refractivity contribution in [2.75, 3.05) is 26.2 Å². The number of ether oxygens (including phenoxy) is 1. The van der Waals surface area contributed by atoms with Crippen molar-refractivity contribution in [3.05, 3.63) is 42.0 Å². The van der Waals surface area contributed by atoms with E-state index in [4.69, 9.17) is 4.74 Å². The predicted molar refractivity (Wildman–Crippen MR) is 89.7 cm³/mol. The third kappa shape index (κ3) is 3.14. The first-order chi connectivity index (χ1) is 10.8. The number of benzene rings is 2. The molecular weight excluding hydrogens is 274 g/mol. The van der Waals surface area contributed by atoms with Gasteiger partial charge in [0.1, 0.15) is 5.75 Å². The van der Waals surface area contributed by atoms with Crippen LogP contribution in [0.1, 0.15) is 36.5 Å². The number of hydrogen-bond donors (Lipinski definition) is 0. The maximum atomic E-state index is 12.8. The van der Waals surface area contributed by atoms with Crippen molar-refractivity contribution < 1.29 is 9.53 Å². The Morgan fingerprint density at radius 2 is 1.91 bits per heavy atom. The van der Waals surface area contributed by atoms with E-state index in [-0.39, 0.29) is 5.78 Å². The molecule has 116 valence electrons. The zero-order valence-corrected chi connectivity index (χ0v) is 13.2. The van der Waals surface area contributed by atoms with Gasteiger partial charge in [0.05, 0.1) is 12.2 Å². The lowest BCUT2D eigenvalue weighted by Gasteiger charge is -2.16. The van der Waals surface area contributed by atoms with Crippen molar-refractivity contribution in [2.24, 2.45) is 0 Å². The maximum absolute atomic E-state index is 12.8. The van der Waals surface area contributed by atoms with E-state index in [1.807, 2.05) is 43.3 Å². The van der Waals surface area contributed by atoms with Crippen LogP contribution in [-0.2, 0) is 0 Å². The fourth-order valence-corrected chi connectivity index (χ4v) is 3.21. The van der Waals surface area contributed by atoms with Gasteiger partial charge >= 0.3 is 0 Å². The monoisotopic (exact) mass is 297 g/mol. The first-order valence-electron chi connectivity index (χ1n) is 8.19. The summed E-state index contributed by atoms with van der Waals surface area (Å²) in [6.07, 6.45) is 3.08. The summed E-state index contributed by atoms with van der Waals surface area (Å²) in [6.45, 7) is 5.63. The number of rotatable bonds is 6. The molecule has 0 amide bonds. The standard InChI is InChI=1S/C19H23NO2/c1-2-22-18-10-9-15-7-3-4-8-16(15)19(18)17(21)11-14-20-12-5-6-13-20/h3-4,7-10H,2,5-6,11-14H2,1H3. The van der Waals surface area contributed by atoms with E-state index in [0.717, 1.165) is 36.0 Å². The Kier molecular flexibility index (Phi) is 4.74. The molecule has 0 aromatic heterocycles. The molecule has 1 fully saturated rings. The van der Waals surface area contributed by atoms with Crippen LogP contribution < -0.4 is 4.74 Å². The molecule has 2 aromatic rings. The van der Waals surface area contributed by atoms with Crippen molar-refractivity contribution >= 4 is 16.6 Å². The lowest BCUT2D eigenvalue weighted by atomic mass is 9.98. The molecule has 1 saturated heterocycles. The maximum Gasteiger partial charge on any atom is 0.168 e. The minimum Gasteiger partial charge on any atom is -0.493 e. The lowest BCUT2D eigenvalue weighted by Crippen LogP contribution is -2.23. The summed E-state index contributed by atoms with van der Waals surface area (Å²) in [7, 11) is 0. The van der Waals surface area contributed by atoms with Gasteiger partial charge in [-0.15, -0.1) is 0 Å². The fourth-order valence-electron chi connectivity index (χ4n) is 3.21. The molecule has 3 rings (SSSR count). The summed E-state index contributed by atoms with van der Waals surface area (Å²) >= 11 is 0. The molecule has 3 heteroatoms. The average molecular weight is 297 g/mol. The second-order valence-corrected chi connectivity index (χ2v) is 5.81. The predicted octanol–water partition coefficient (Wildman–Crippen LogP) is 3.91. The largest absolute Gasteiger partial charge is 0.493 e. The molecule has 1 heterocycles. The summed E-state index contributed by atoms with van der Waals surface area (Å²) in [5.74, 6) is 0.903. The Labute approximate surface area is 131 Å². The highest BCUT2D eigenvalue weighted by Crippen LogP contribution is 2.29. The minimum absolute atomic E-state index is 0.187. The van der Waals surface area contributed by atoms with E-state index < -0.39 is 0 Å². The van der Waals surface area contributed by atoms with E-state index in [2.05, 4.69) is 4.90 Å². The van der Waals surface area contributed by atoms with Crippen molar-refractivity contribution in [1.82, 2.24) is 4.90 Å². The quantitative estimate of drug-likeness (QED) is 0.757. The molecule has 0 spiro atoms. The fraction of sp³-hybridized carbons (Fsp3) is 0.421. The lowest BCUT2D eigenvalue weighted by molar-refractivity contribution is 0.0967. The molecule has 2 aromatic carbocycles. The van der Waals surface area contributed by atoms with Crippen molar-refractivity contribution in [3.63, 3.8) is 0 Å². The summed E-state index contributed by atoms with van der Waals surface area (Å²) in [4.78, 5) is 15.2. The van der Waals surface area contributed by atoms with Gasteiger partial charge in [0.25, 0.3) is 0 Å². The zero-order chi connectivity index (χ0) is 15.4. The molecule has 0 saturated carbocycles. The number of carbonyl (C=O) groups is 1. The number of carbonyl (C=O) groups excluding carboxylic acids is 1. The molecule has 0 radical (unpaired) electrons. The number of likely N-dealkylation sites (tertiary alicyclic amines) is 1. The number of hydrogen-bond acceptors (Lipinski definition) is 3. The molecule has 22 heavy (non-hydrogen) atoms. The molecule has 0 atom stereocenters. The SMILES string of the molecule is CCOc1ccc2ccccc2c1C(=O)CCN1CCCC1. The van der Waals surface area contributed by atoms with Gasteiger partial charge in [-0.1, -0.05) is 30.3 Å². The minimum atomic E-state index is 0.187. The van der Waals surface area contributed by atoms with E-state index in [9.17, 15) is 4.79 Å². The van der Waals surface area contributed by atoms with E-state index >= 15 is 0 Å². The van der Waals surface area contributed by atoms with Crippen LogP contribution in [0.3, 0.4) is 0 Å². The summed E-state index contributed by atoms with van der Waals surface area (Å²) < 4.78 is 5.70. The molecule has 0 unspecified atom stereocenters. The first kappa shape index (κ1) is 15.0. The second kappa shape index (κ2) is 6.93. The highest BCUT2D eigenvalue weighted by Gasteiger charge is 2.18. The van der Waals surface area contributed by atoms with Gasteiger partial charge in [-0.05, 0) is 49.7 Å². The smallest absolute Gasteiger partial charge is 0.168 e. The van der Waals surface area contributed by atoms with Crippen LogP contribution in [0.5, 0.6) is 5.75 Å². The summed E-state index contributed by atoms with van der Waals surface area (Å²) in [5, 5.41) is 2.09. The molecular formula is C19H23NO2. The van der Waals surface area contributed by atoms with Gasteiger partial charge in [-0.3, -0.25) is 4.79 Å². The van der Waals surface area contributed by atoms with Gasteiger partial charge in [0.15, 0.2) is 5.78 Å². The van der Waals surface area contributed by atoms with Crippen LogP contribution in [-0.4, -0.2) is 36.9 Å². The molecule has 0 N–H and O–H groups in total. The average Bonchev–Trinajstić information content (AvgIpc) is 3.06. The van der Waals surface area contributed by atoms with Crippen molar-refractivity contribution in [2.45, 2.75) is 26.2 Å². The number of ketones is 1. The third-order valence-corrected chi connectivity index (χ3v) is 4.32. The van der Waals surface area contributed by atoms with Crippen LogP contribution in [0.4, 0.5) is 0 Å². The Morgan fingerprint density at radius 3 is 2.68 bits per heavy atom. The summed E-state index contributed by atoms with van der Waals surface area (Å²) in [5.41, 5.74) is 0.749. The van der Waals surface area contributed by atoms with E-state index in [1.54, 1.807) is 0 Å². The Bertz CT molecular complexity index is 660. The van der Waals surface area contributed by atoms with Crippen LogP contribution in [0.15, 0.2) is 36.4 Å². The van der Waals surface area contributed by atoms with E-state index in [1.165, 1.54) is 12.8 Å².